The first kappa shape index (κ1) is 20.6. The van der Waals surface area contributed by atoms with Crippen LogP contribution in [0.25, 0.3) is 0 Å². The fourth-order valence-corrected chi connectivity index (χ4v) is 2.86. The second kappa shape index (κ2) is 7.92. The number of ether oxygens (including phenoxy) is 1. The topological polar surface area (TPSA) is 67.8 Å². The molecular weight excluding hydrogens is 336 g/mol. The Balaban J connectivity index is 2.34. The van der Waals surface area contributed by atoms with E-state index in [1.807, 2.05) is 44.0 Å². The maximum Gasteiger partial charge on any atom is 0.143 e. The Labute approximate surface area is 163 Å². The zero-order valence-electron chi connectivity index (χ0n) is 17.5. The molecule has 4 N–H and O–H groups in total. The van der Waals surface area contributed by atoms with E-state index < -0.39 is 0 Å². The van der Waals surface area contributed by atoms with E-state index >= 15 is 0 Å². The van der Waals surface area contributed by atoms with Crippen LogP contribution in [-0.2, 0) is 5.41 Å². The molecule has 0 bridgehead atoms. The van der Waals surface area contributed by atoms with Gasteiger partial charge in [0.15, 0.2) is 0 Å². The number of nitrogens with two attached hydrogens (primary N) is 2. The third-order valence-electron chi connectivity index (χ3n) is 4.81. The minimum atomic E-state index is 0.115. The lowest BCUT2D eigenvalue weighted by Crippen LogP contribution is -2.35. The van der Waals surface area contributed by atoms with Crippen LogP contribution in [0.4, 0.5) is 11.4 Å². The molecule has 27 heavy (non-hydrogen) atoms. The molecular formula is C22H32N4O. The van der Waals surface area contributed by atoms with Crippen molar-refractivity contribution < 1.29 is 4.74 Å². The van der Waals surface area contributed by atoms with Crippen LogP contribution >= 0.6 is 0 Å². The normalized spacial score (nSPS) is 12.4. The second-order valence-electron chi connectivity index (χ2n) is 7.87. The number of anilines is 2. The third-order valence-corrected chi connectivity index (χ3v) is 4.81. The molecule has 0 unspecified atom stereocenters. The first-order chi connectivity index (χ1) is 12.6. The van der Waals surface area contributed by atoms with Crippen molar-refractivity contribution in [3.63, 3.8) is 0 Å². The quantitative estimate of drug-likeness (QED) is 0.609. The number of methoxy groups -OCH3 is 1. The number of rotatable bonds is 5. The van der Waals surface area contributed by atoms with Gasteiger partial charge < -0.3 is 15.4 Å². The number of hydrogen-bond acceptors (Lipinski definition) is 5. The van der Waals surface area contributed by atoms with E-state index in [1.165, 1.54) is 5.56 Å². The van der Waals surface area contributed by atoms with Crippen LogP contribution in [-0.4, -0.2) is 14.2 Å². The Kier molecular flexibility index (Phi) is 6.06. The van der Waals surface area contributed by atoms with Gasteiger partial charge in [-0.2, -0.15) is 0 Å². The smallest absolute Gasteiger partial charge is 0.143 e. The molecule has 0 aliphatic heterocycles. The Morgan fingerprint density at radius 3 is 2.15 bits per heavy atom. The van der Waals surface area contributed by atoms with Crippen LogP contribution in [0, 0.1) is 6.92 Å². The molecule has 0 amide bonds. The fraction of sp³-hybridized carbons (Fsp3) is 0.364. The number of hydrogen-bond donors (Lipinski definition) is 2. The van der Waals surface area contributed by atoms with Gasteiger partial charge in [0.1, 0.15) is 11.6 Å². The number of hydrazine groups is 1. The van der Waals surface area contributed by atoms with Crippen LogP contribution < -0.4 is 26.2 Å². The zero-order chi connectivity index (χ0) is 20.4. The van der Waals surface area contributed by atoms with Gasteiger partial charge in [0, 0.05) is 12.7 Å². The van der Waals surface area contributed by atoms with Crippen molar-refractivity contribution in [2.75, 3.05) is 24.1 Å². The molecule has 0 aromatic heterocycles. The summed E-state index contributed by atoms with van der Waals surface area (Å²) >= 11 is 0. The van der Waals surface area contributed by atoms with E-state index in [4.69, 9.17) is 16.3 Å². The van der Waals surface area contributed by atoms with E-state index in [1.54, 1.807) is 12.1 Å². The van der Waals surface area contributed by atoms with E-state index in [0.717, 1.165) is 22.6 Å². The van der Waals surface area contributed by atoms with Gasteiger partial charge in [0.25, 0.3) is 0 Å². The molecule has 146 valence electrons. The van der Waals surface area contributed by atoms with E-state index in [-0.39, 0.29) is 5.41 Å². The number of aryl methyl sites for hydroxylation is 1. The Bertz CT molecular complexity index is 819. The highest BCUT2D eigenvalue weighted by atomic mass is 16.5. The van der Waals surface area contributed by atoms with E-state index in [2.05, 4.69) is 45.0 Å². The summed E-state index contributed by atoms with van der Waals surface area (Å²) < 4.78 is 5.44. The van der Waals surface area contributed by atoms with Crippen molar-refractivity contribution >= 4 is 11.4 Å². The first-order valence-corrected chi connectivity index (χ1v) is 9.06. The fourth-order valence-electron chi connectivity index (χ4n) is 2.86. The SMILES string of the molecule is COc1ccc(C)cc1N(N)/C(C)=C(\N)N(C)c1ccc(C(C)(C)C)cc1. The first-order valence-electron chi connectivity index (χ1n) is 9.06. The van der Waals surface area contributed by atoms with E-state index in [9.17, 15) is 0 Å². The lowest BCUT2D eigenvalue weighted by molar-refractivity contribution is 0.415. The van der Waals surface area contributed by atoms with Crippen LogP contribution in [0.1, 0.15) is 38.8 Å². The lowest BCUT2D eigenvalue weighted by Gasteiger charge is -2.28. The third kappa shape index (κ3) is 4.55. The number of nitrogens with zero attached hydrogens (tertiary/aromatic N) is 2. The maximum atomic E-state index is 6.43. The predicted molar refractivity (Wildman–Crippen MR) is 115 cm³/mol. The van der Waals surface area contributed by atoms with Crippen molar-refractivity contribution in [1.29, 1.82) is 0 Å². The van der Waals surface area contributed by atoms with Crippen molar-refractivity contribution in [3.05, 3.63) is 65.1 Å². The molecule has 0 aliphatic rings. The molecule has 0 radical (unpaired) electrons. The highest BCUT2D eigenvalue weighted by Gasteiger charge is 2.17. The highest BCUT2D eigenvalue weighted by molar-refractivity contribution is 5.63. The summed E-state index contributed by atoms with van der Waals surface area (Å²) in [6.45, 7) is 10.5. The van der Waals surface area contributed by atoms with E-state index in [0.29, 0.717) is 11.6 Å². The van der Waals surface area contributed by atoms with Gasteiger partial charge in [-0.05, 0) is 54.7 Å². The minimum Gasteiger partial charge on any atom is -0.495 e. The molecule has 0 atom stereocenters. The Morgan fingerprint density at radius 2 is 1.63 bits per heavy atom. The highest BCUT2D eigenvalue weighted by Crippen LogP contribution is 2.31. The molecule has 0 saturated heterocycles. The largest absolute Gasteiger partial charge is 0.495 e. The summed E-state index contributed by atoms with van der Waals surface area (Å²) in [5, 5.41) is 1.57. The van der Waals surface area contributed by atoms with Gasteiger partial charge >= 0.3 is 0 Å². The molecule has 5 nitrogen and oxygen atoms in total. The van der Waals surface area contributed by atoms with Crippen LogP contribution in [0.3, 0.4) is 0 Å². The molecule has 2 aromatic carbocycles. The van der Waals surface area contributed by atoms with Gasteiger partial charge in [-0.1, -0.05) is 39.0 Å². The van der Waals surface area contributed by atoms with Gasteiger partial charge in [-0.3, -0.25) is 5.01 Å². The molecule has 2 rings (SSSR count). The minimum absolute atomic E-state index is 0.115. The van der Waals surface area contributed by atoms with Gasteiger partial charge in [-0.15, -0.1) is 0 Å². The van der Waals surface area contributed by atoms with Crippen molar-refractivity contribution in [3.8, 4) is 5.75 Å². The van der Waals surface area contributed by atoms with Crippen LogP contribution in [0.5, 0.6) is 5.75 Å². The predicted octanol–water partition coefficient (Wildman–Crippen LogP) is 4.27. The summed E-state index contributed by atoms with van der Waals surface area (Å²) in [5.41, 5.74) is 11.4. The number of benzene rings is 2. The Hall–Kier alpha value is -2.66. The number of allylic oxidation sites excluding steroid dienone is 1. The lowest BCUT2D eigenvalue weighted by atomic mass is 9.87. The van der Waals surface area contributed by atoms with Crippen LogP contribution in [0.15, 0.2) is 54.0 Å². The average molecular weight is 369 g/mol. The van der Waals surface area contributed by atoms with Crippen molar-refractivity contribution in [2.45, 2.75) is 40.0 Å². The maximum absolute atomic E-state index is 6.43. The summed E-state index contributed by atoms with van der Waals surface area (Å²) in [6, 6.07) is 14.3. The average Bonchev–Trinajstić information content (AvgIpc) is 2.65. The molecule has 0 aliphatic carbocycles. The molecule has 0 spiro atoms. The molecule has 5 heteroatoms. The molecule has 0 heterocycles. The molecule has 0 saturated carbocycles. The van der Waals surface area contributed by atoms with Crippen molar-refractivity contribution in [1.82, 2.24) is 0 Å². The van der Waals surface area contributed by atoms with Crippen LogP contribution in [0.2, 0.25) is 0 Å². The van der Waals surface area contributed by atoms with Crippen molar-refractivity contribution in [2.24, 2.45) is 11.6 Å². The summed E-state index contributed by atoms with van der Waals surface area (Å²) in [4.78, 5) is 1.93. The molecule has 0 fully saturated rings. The van der Waals surface area contributed by atoms with Gasteiger partial charge in [-0.25, -0.2) is 5.84 Å². The monoisotopic (exact) mass is 368 g/mol. The summed E-state index contributed by atoms with van der Waals surface area (Å²) in [6.07, 6.45) is 0. The Morgan fingerprint density at radius 1 is 1.04 bits per heavy atom. The molecule has 2 aromatic rings. The van der Waals surface area contributed by atoms with Gasteiger partial charge in [0.2, 0.25) is 0 Å². The standard InChI is InChI=1S/C22H32N4O/c1-15-8-13-20(27-7)19(14-15)26(24)16(2)21(23)25(6)18-11-9-17(10-12-18)22(3,4)5/h8-14H,23-24H2,1-7H3/b21-16+. The summed E-state index contributed by atoms with van der Waals surface area (Å²) in [7, 11) is 3.57. The zero-order valence-corrected chi connectivity index (χ0v) is 17.5. The summed E-state index contributed by atoms with van der Waals surface area (Å²) in [5.74, 6) is 7.65. The second-order valence-corrected chi connectivity index (χ2v) is 7.87. The van der Waals surface area contributed by atoms with Gasteiger partial charge in [0.05, 0.1) is 18.5 Å².